The van der Waals surface area contributed by atoms with Crippen molar-refractivity contribution in [2.24, 2.45) is 0 Å². The zero-order valence-electron chi connectivity index (χ0n) is 14.8. The molecule has 3 rings (SSSR count). The molecule has 1 aliphatic heterocycles. The number of methoxy groups -OCH3 is 1. The second-order valence-electron chi connectivity index (χ2n) is 6.62. The molecule has 8 nitrogen and oxygen atoms in total. The minimum Gasteiger partial charge on any atom is -0.467 e. The zero-order chi connectivity index (χ0) is 18.3. The number of carbonyl (C=O) groups is 2. The number of amides is 1. The van der Waals surface area contributed by atoms with Crippen molar-refractivity contribution in [1.29, 1.82) is 0 Å². The fourth-order valence-electron chi connectivity index (χ4n) is 3.25. The van der Waals surface area contributed by atoms with Crippen LogP contribution in [-0.4, -0.2) is 62.4 Å². The number of pyridine rings is 1. The number of carbonyl (C=O) groups excluding carboxylic acids is 2. The van der Waals surface area contributed by atoms with Gasteiger partial charge >= 0.3 is 5.97 Å². The molecule has 8 heteroatoms. The van der Waals surface area contributed by atoms with Gasteiger partial charge in [-0.25, -0.2) is 14.5 Å². The van der Waals surface area contributed by atoms with Crippen molar-refractivity contribution in [3.05, 3.63) is 23.5 Å². The van der Waals surface area contributed by atoms with Crippen molar-refractivity contribution in [2.45, 2.75) is 45.4 Å². The van der Waals surface area contributed by atoms with E-state index in [2.05, 4.69) is 10.1 Å². The largest absolute Gasteiger partial charge is 0.467 e. The maximum absolute atomic E-state index is 13.1. The number of aliphatic hydroxyl groups excluding tert-OH is 1. The molecule has 0 bridgehead atoms. The van der Waals surface area contributed by atoms with Gasteiger partial charge in [-0.15, -0.1) is 0 Å². The molecule has 3 heterocycles. The Morgan fingerprint density at radius 3 is 2.76 bits per heavy atom. The van der Waals surface area contributed by atoms with Gasteiger partial charge in [0.25, 0.3) is 5.91 Å². The fraction of sp³-hybridized carbons (Fsp3) is 0.529. The lowest BCUT2D eigenvalue weighted by Crippen LogP contribution is -2.41. The Kier molecular flexibility index (Phi) is 4.47. The highest BCUT2D eigenvalue weighted by Gasteiger charge is 2.40. The Bertz CT molecular complexity index is 829. The number of hydrogen-bond donors (Lipinski definition) is 1. The van der Waals surface area contributed by atoms with Crippen LogP contribution in [0.25, 0.3) is 11.0 Å². The van der Waals surface area contributed by atoms with E-state index >= 15 is 0 Å². The molecule has 0 radical (unpaired) electrons. The third kappa shape index (κ3) is 2.97. The van der Waals surface area contributed by atoms with Crippen LogP contribution in [0.3, 0.4) is 0 Å². The summed E-state index contributed by atoms with van der Waals surface area (Å²) in [6, 6.07) is 1.01. The maximum Gasteiger partial charge on any atom is 0.328 e. The van der Waals surface area contributed by atoms with Crippen LogP contribution in [0.15, 0.2) is 12.3 Å². The standard InChI is InChI=1S/C17H22N4O4/c1-9(2)21-15-13(7-18-21)12(5-10(3)19-15)16(23)20-8-11(22)6-14(20)17(24)25-4/h5,7,9,11,14,22H,6,8H2,1-4H3/t11-,14-/m0/s1. The summed E-state index contributed by atoms with van der Waals surface area (Å²) >= 11 is 0. The predicted octanol–water partition coefficient (Wildman–Crippen LogP) is 1.07. The Hall–Kier alpha value is -2.48. The van der Waals surface area contributed by atoms with Gasteiger partial charge < -0.3 is 14.7 Å². The van der Waals surface area contributed by atoms with E-state index in [0.29, 0.717) is 22.3 Å². The number of rotatable bonds is 3. The molecule has 1 saturated heterocycles. The zero-order valence-corrected chi connectivity index (χ0v) is 14.8. The summed E-state index contributed by atoms with van der Waals surface area (Å²) in [7, 11) is 1.27. The number of likely N-dealkylation sites (tertiary alicyclic amines) is 1. The van der Waals surface area contributed by atoms with E-state index in [4.69, 9.17) is 4.74 Å². The van der Waals surface area contributed by atoms with Gasteiger partial charge in [-0.3, -0.25) is 4.79 Å². The molecule has 134 valence electrons. The number of aryl methyl sites for hydroxylation is 1. The smallest absolute Gasteiger partial charge is 0.328 e. The van der Waals surface area contributed by atoms with Crippen LogP contribution in [-0.2, 0) is 9.53 Å². The first-order valence-electron chi connectivity index (χ1n) is 8.25. The van der Waals surface area contributed by atoms with Gasteiger partial charge in [0.15, 0.2) is 5.65 Å². The third-order valence-electron chi connectivity index (χ3n) is 4.43. The van der Waals surface area contributed by atoms with E-state index < -0.39 is 18.1 Å². The van der Waals surface area contributed by atoms with Crippen molar-refractivity contribution < 1.29 is 19.4 Å². The van der Waals surface area contributed by atoms with E-state index in [1.165, 1.54) is 12.0 Å². The number of aliphatic hydroxyl groups is 1. The highest BCUT2D eigenvalue weighted by molar-refractivity contribution is 6.06. The van der Waals surface area contributed by atoms with Gasteiger partial charge in [0.2, 0.25) is 0 Å². The Labute approximate surface area is 145 Å². The maximum atomic E-state index is 13.1. The Balaban J connectivity index is 2.06. The van der Waals surface area contributed by atoms with Crippen LogP contribution >= 0.6 is 0 Å². The number of β-amino-alcohol motifs (C(OH)–C–C–N with tert-alkyl or cyclic N) is 1. The molecular weight excluding hydrogens is 324 g/mol. The van der Waals surface area contributed by atoms with Gasteiger partial charge in [-0.05, 0) is 26.8 Å². The van der Waals surface area contributed by atoms with E-state index in [1.807, 2.05) is 20.8 Å². The number of ether oxygens (including phenoxy) is 1. The quantitative estimate of drug-likeness (QED) is 0.835. The van der Waals surface area contributed by atoms with Crippen molar-refractivity contribution >= 4 is 22.9 Å². The number of hydrogen-bond acceptors (Lipinski definition) is 6. The molecular formula is C17H22N4O4. The second-order valence-corrected chi connectivity index (χ2v) is 6.62. The van der Waals surface area contributed by atoms with Crippen molar-refractivity contribution in [3.63, 3.8) is 0 Å². The SMILES string of the molecule is COC(=O)[C@@H]1C[C@H](O)CN1C(=O)c1cc(C)nc2c1cnn2C(C)C. The average Bonchev–Trinajstić information content (AvgIpc) is 3.16. The number of nitrogens with zero attached hydrogens (tertiary/aromatic N) is 4. The summed E-state index contributed by atoms with van der Waals surface area (Å²) in [6.07, 6.45) is 1.05. The molecule has 0 spiro atoms. The molecule has 1 amide bonds. The highest BCUT2D eigenvalue weighted by Crippen LogP contribution is 2.26. The van der Waals surface area contributed by atoms with E-state index in [1.54, 1.807) is 16.9 Å². The second kappa shape index (κ2) is 6.44. The van der Waals surface area contributed by atoms with Crippen LogP contribution in [0.2, 0.25) is 0 Å². The van der Waals surface area contributed by atoms with Gasteiger partial charge in [0.05, 0.1) is 30.4 Å². The summed E-state index contributed by atoms with van der Waals surface area (Å²) in [5, 5.41) is 14.9. The average molecular weight is 346 g/mol. The fourth-order valence-corrected chi connectivity index (χ4v) is 3.25. The molecule has 25 heavy (non-hydrogen) atoms. The molecule has 2 aromatic heterocycles. The molecule has 0 aliphatic carbocycles. The lowest BCUT2D eigenvalue weighted by Gasteiger charge is -2.22. The van der Waals surface area contributed by atoms with E-state index in [-0.39, 0.29) is 24.9 Å². The lowest BCUT2D eigenvalue weighted by molar-refractivity contribution is -0.145. The molecule has 0 unspecified atom stereocenters. The Morgan fingerprint density at radius 2 is 2.12 bits per heavy atom. The first-order valence-corrected chi connectivity index (χ1v) is 8.25. The molecule has 2 aromatic rings. The van der Waals surface area contributed by atoms with Crippen molar-refractivity contribution in [1.82, 2.24) is 19.7 Å². The number of esters is 1. The van der Waals surface area contributed by atoms with E-state index in [0.717, 1.165) is 0 Å². The normalized spacial score (nSPS) is 20.5. The van der Waals surface area contributed by atoms with E-state index in [9.17, 15) is 14.7 Å². The minimum absolute atomic E-state index is 0.0970. The summed E-state index contributed by atoms with van der Waals surface area (Å²) in [6.45, 7) is 5.88. The highest BCUT2D eigenvalue weighted by atomic mass is 16.5. The first-order chi connectivity index (χ1) is 11.8. The third-order valence-corrected chi connectivity index (χ3v) is 4.43. The van der Waals surface area contributed by atoms with Crippen molar-refractivity contribution in [3.8, 4) is 0 Å². The molecule has 1 aliphatic rings. The van der Waals surface area contributed by atoms with Gasteiger partial charge in [-0.2, -0.15) is 5.10 Å². The van der Waals surface area contributed by atoms with Gasteiger partial charge in [-0.1, -0.05) is 0 Å². The lowest BCUT2D eigenvalue weighted by atomic mass is 10.1. The van der Waals surface area contributed by atoms with Crippen LogP contribution in [0.1, 0.15) is 42.4 Å². The molecule has 0 saturated carbocycles. The minimum atomic E-state index is -0.781. The monoisotopic (exact) mass is 346 g/mol. The summed E-state index contributed by atoms with van der Waals surface area (Å²) < 4.78 is 6.53. The first kappa shape index (κ1) is 17.3. The topological polar surface area (TPSA) is 97.6 Å². The van der Waals surface area contributed by atoms with Crippen LogP contribution in [0.5, 0.6) is 0 Å². The van der Waals surface area contributed by atoms with Crippen LogP contribution in [0, 0.1) is 6.92 Å². The molecule has 0 aromatic carbocycles. The van der Waals surface area contributed by atoms with Crippen LogP contribution < -0.4 is 0 Å². The summed E-state index contributed by atoms with van der Waals surface area (Å²) in [4.78, 5) is 31.0. The van der Waals surface area contributed by atoms with Crippen molar-refractivity contribution in [2.75, 3.05) is 13.7 Å². The summed E-state index contributed by atoms with van der Waals surface area (Å²) in [5.41, 5.74) is 1.75. The number of fused-ring (bicyclic) bond motifs is 1. The van der Waals surface area contributed by atoms with Crippen LogP contribution in [0.4, 0.5) is 0 Å². The molecule has 1 fully saturated rings. The molecule has 1 N–H and O–H groups in total. The van der Waals surface area contributed by atoms with Gasteiger partial charge in [0, 0.05) is 24.7 Å². The Morgan fingerprint density at radius 1 is 1.40 bits per heavy atom. The van der Waals surface area contributed by atoms with Gasteiger partial charge in [0.1, 0.15) is 6.04 Å². The molecule has 2 atom stereocenters. The number of aromatic nitrogens is 3. The predicted molar refractivity (Wildman–Crippen MR) is 90.1 cm³/mol. The summed E-state index contributed by atoms with van der Waals surface area (Å²) in [5.74, 6) is -0.851.